The van der Waals surface area contributed by atoms with E-state index in [0.717, 1.165) is 24.2 Å². The van der Waals surface area contributed by atoms with Crippen molar-refractivity contribution in [2.24, 2.45) is 5.92 Å². The Labute approximate surface area is 189 Å². The second-order valence-electron chi connectivity index (χ2n) is 8.44. The van der Waals surface area contributed by atoms with Gasteiger partial charge in [-0.05, 0) is 62.9 Å². The van der Waals surface area contributed by atoms with E-state index in [1.807, 2.05) is 19.9 Å². The summed E-state index contributed by atoms with van der Waals surface area (Å²) in [6.07, 6.45) is 2.20. The number of sulfonamides is 1. The molecule has 8 nitrogen and oxygen atoms in total. The number of methoxy groups -OCH3 is 1. The fraction of sp³-hybridized carbons (Fsp3) is 0.478. The molecule has 3 rings (SSSR count). The van der Waals surface area contributed by atoms with Crippen molar-refractivity contribution in [3.05, 3.63) is 47.3 Å². The third-order valence-electron chi connectivity index (χ3n) is 5.61. The van der Waals surface area contributed by atoms with Gasteiger partial charge >= 0.3 is 5.97 Å². The van der Waals surface area contributed by atoms with Gasteiger partial charge in [0.05, 0.1) is 12.0 Å². The maximum Gasteiger partial charge on any atom is 0.324 e. The van der Waals surface area contributed by atoms with E-state index in [2.05, 4.69) is 9.29 Å². The number of benzene rings is 1. The summed E-state index contributed by atoms with van der Waals surface area (Å²) in [6.45, 7) is 6.81. The van der Waals surface area contributed by atoms with Gasteiger partial charge in [0.1, 0.15) is 11.8 Å². The lowest BCUT2D eigenvalue weighted by atomic mass is 10.1. The fourth-order valence-electron chi connectivity index (χ4n) is 3.70. The Morgan fingerprint density at radius 3 is 2.31 bits per heavy atom. The quantitative estimate of drug-likeness (QED) is 0.430. The van der Waals surface area contributed by atoms with Gasteiger partial charge in [0.15, 0.2) is 6.61 Å². The Bertz CT molecular complexity index is 1100. The summed E-state index contributed by atoms with van der Waals surface area (Å²) in [7, 11) is -2.49. The van der Waals surface area contributed by atoms with Crippen LogP contribution in [-0.4, -0.2) is 44.5 Å². The number of carbonyl (C=O) groups excluding carboxylic acids is 2. The highest BCUT2D eigenvalue weighted by Gasteiger charge is 2.31. The van der Waals surface area contributed by atoms with Gasteiger partial charge in [-0.25, -0.2) is 8.42 Å². The molecular formula is C23H30N2O6S. The van der Waals surface area contributed by atoms with Crippen LogP contribution in [0.4, 0.5) is 0 Å². The maximum absolute atomic E-state index is 12.7. The van der Waals surface area contributed by atoms with Gasteiger partial charge in [-0.3, -0.25) is 9.59 Å². The van der Waals surface area contributed by atoms with E-state index in [1.165, 1.54) is 31.4 Å². The molecule has 0 saturated heterocycles. The molecule has 0 amide bonds. The summed E-state index contributed by atoms with van der Waals surface area (Å²) in [5, 5.41) is 0. The molecule has 1 fully saturated rings. The second kappa shape index (κ2) is 9.46. The van der Waals surface area contributed by atoms with Crippen LogP contribution in [0.25, 0.3) is 0 Å². The molecule has 1 N–H and O–H groups in total. The number of hydrogen-bond acceptors (Lipinski definition) is 6. The summed E-state index contributed by atoms with van der Waals surface area (Å²) in [6, 6.07) is 6.95. The first kappa shape index (κ1) is 24.0. The molecule has 2 aromatic rings. The minimum Gasteiger partial charge on any atom is -0.497 e. The van der Waals surface area contributed by atoms with Crippen LogP contribution in [0.1, 0.15) is 54.5 Å². The van der Waals surface area contributed by atoms with Crippen LogP contribution in [0.15, 0.2) is 35.2 Å². The summed E-state index contributed by atoms with van der Waals surface area (Å²) in [5.41, 5.74) is 2.40. The van der Waals surface area contributed by atoms with E-state index < -0.39 is 28.6 Å². The minimum absolute atomic E-state index is 0.000317. The molecular weight excluding hydrogens is 432 g/mol. The molecule has 0 aliphatic heterocycles. The van der Waals surface area contributed by atoms with Crippen molar-refractivity contribution in [2.75, 3.05) is 13.7 Å². The average Bonchev–Trinajstić information content (AvgIpc) is 3.54. The summed E-state index contributed by atoms with van der Waals surface area (Å²) < 4.78 is 40.3. The molecule has 1 aliphatic rings. The number of hydrogen-bond donors (Lipinski definition) is 1. The van der Waals surface area contributed by atoms with Crippen molar-refractivity contribution in [2.45, 2.75) is 57.5 Å². The van der Waals surface area contributed by atoms with Crippen LogP contribution < -0.4 is 9.46 Å². The molecule has 1 aliphatic carbocycles. The first-order valence-corrected chi connectivity index (χ1v) is 12.1. The predicted molar refractivity (Wildman–Crippen MR) is 119 cm³/mol. The highest BCUT2D eigenvalue weighted by molar-refractivity contribution is 7.89. The predicted octanol–water partition coefficient (Wildman–Crippen LogP) is 3.18. The number of aromatic nitrogens is 1. The smallest absolute Gasteiger partial charge is 0.324 e. The lowest BCUT2D eigenvalue weighted by Gasteiger charge is -2.20. The number of ether oxygens (including phenoxy) is 2. The van der Waals surface area contributed by atoms with Crippen molar-refractivity contribution in [1.29, 1.82) is 0 Å². The first-order chi connectivity index (χ1) is 15.0. The zero-order valence-electron chi connectivity index (χ0n) is 19.0. The standard InChI is InChI=1S/C23H30N2O6S/c1-14(2)22(24-32(28,29)19-10-8-18(30-5)9-11-19)23(27)31-13-21(26)20-12-15(3)25(16(20)4)17-6-7-17/h8-12,14,17,22,24H,6-7,13H2,1-5H3/t22-/m0/s1. The number of ketones is 1. The first-order valence-electron chi connectivity index (χ1n) is 10.6. The van der Waals surface area contributed by atoms with E-state index >= 15 is 0 Å². The van der Waals surface area contributed by atoms with Gasteiger partial charge in [0.25, 0.3) is 0 Å². The van der Waals surface area contributed by atoms with Crippen molar-refractivity contribution in [1.82, 2.24) is 9.29 Å². The Morgan fingerprint density at radius 1 is 1.16 bits per heavy atom. The van der Waals surface area contributed by atoms with Crippen LogP contribution in [0.3, 0.4) is 0 Å². The number of carbonyl (C=O) groups is 2. The number of rotatable bonds is 10. The van der Waals surface area contributed by atoms with E-state index in [9.17, 15) is 18.0 Å². The molecule has 1 heterocycles. The van der Waals surface area contributed by atoms with Crippen LogP contribution >= 0.6 is 0 Å². The number of esters is 1. The van der Waals surface area contributed by atoms with Crippen LogP contribution in [0.2, 0.25) is 0 Å². The van der Waals surface area contributed by atoms with Gasteiger partial charge < -0.3 is 14.0 Å². The highest BCUT2D eigenvalue weighted by Crippen LogP contribution is 2.38. The molecule has 1 saturated carbocycles. The highest BCUT2D eigenvalue weighted by atomic mass is 32.2. The van der Waals surface area contributed by atoms with Crippen molar-refractivity contribution in [3.63, 3.8) is 0 Å². The Morgan fingerprint density at radius 2 is 1.78 bits per heavy atom. The molecule has 1 aromatic carbocycles. The van der Waals surface area contributed by atoms with Gasteiger partial charge in [0, 0.05) is 23.0 Å². The molecule has 174 valence electrons. The van der Waals surface area contributed by atoms with Crippen LogP contribution in [0.5, 0.6) is 5.75 Å². The molecule has 32 heavy (non-hydrogen) atoms. The van der Waals surface area contributed by atoms with Crippen molar-refractivity contribution < 1.29 is 27.5 Å². The van der Waals surface area contributed by atoms with Crippen LogP contribution in [0, 0.1) is 19.8 Å². The Balaban J connectivity index is 1.67. The molecule has 0 radical (unpaired) electrons. The molecule has 1 atom stereocenters. The molecule has 1 aromatic heterocycles. The normalized spacial score (nSPS) is 14.9. The van der Waals surface area contributed by atoms with Crippen molar-refractivity contribution >= 4 is 21.8 Å². The average molecular weight is 463 g/mol. The topological polar surface area (TPSA) is 104 Å². The maximum atomic E-state index is 12.7. The number of aryl methyl sites for hydroxylation is 1. The van der Waals surface area contributed by atoms with Gasteiger partial charge in [-0.2, -0.15) is 4.72 Å². The van der Waals surface area contributed by atoms with E-state index in [4.69, 9.17) is 9.47 Å². The zero-order valence-corrected chi connectivity index (χ0v) is 19.9. The van der Waals surface area contributed by atoms with Gasteiger partial charge in [0.2, 0.25) is 15.8 Å². The summed E-state index contributed by atoms with van der Waals surface area (Å²) in [4.78, 5) is 25.4. The number of nitrogens with zero attached hydrogens (tertiary/aromatic N) is 1. The summed E-state index contributed by atoms with van der Waals surface area (Å²) in [5.74, 6) is -0.964. The molecule has 0 spiro atoms. The van der Waals surface area contributed by atoms with Gasteiger partial charge in [-0.1, -0.05) is 13.8 Å². The third kappa shape index (κ3) is 5.21. The molecule has 9 heteroatoms. The molecule has 0 bridgehead atoms. The fourth-order valence-corrected chi connectivity index (χ4v) is 5.04. The lowest BCUT2D eigenvalue weighted by Crippen LogP contribution is -2.45. The SMILES string of the molecule is COc1ccc(S(=O)(=O)N[C@H](C(=O)OCC(=O)c2cc(C)n(C3CC3)c2C)C(C)C)cc1. The number of nitrogens with one attached hydrogen (secondary N) is 1. The number of Topliss-reactive ketones (excluding diaryl/α,β-unsaturated/α-hetero) is 1. The second-order valence-corrected chi connectivity index (χ2v) is 10.1. The largest absolute Gasteiger partial charge is 0.497 e. The van der Waals surface area contributed by atoms with E-state index in [-0.39, 0.29) is 16.6 Å². The summed E-state index contributed by atoms with van der Waals surface area (Å²) >= 11 is 0. The monoisotopic (exact) mass is 462 g/mol. The zero-order chi connectivity index (χ0) is 23.6. The van der Waals surface area contributed by atoms with Crippen molar-refractivity contribution in [3.8, 4) is 5.75 Å². The molecule has 0 unspecified atom stereocenters. The third-order valence-corrected chi connectivity index (χ3v) is 7.07. The van der Waals surface area contributed by atoms with Crippen LogP contribution in [-0.2, 0) is 19.6 Å². The van der Waals surface area contributed by atoms with E-state index in [1.54, 1.807) is 13.8 Å². The lowest BCUT2D eigenvalue weighted by molar-refractivity contribution is -0.145. The van der Waals surface area contributed by atoms with Gasteiger partial charge in [-0.15, -0.1) is 0 Å². The Hall–Kier alpha value is -2.65. The van der Waals surface area contributed by atoms with E-state index in [0.29, 0.717) is 17.4 Å². The Kier molecular flexibility index (Phi) is 7.09. The minimum atomic E-state index is -3.97.